The summed E-state index contributed by atoms with van der Waals surface area (Å²) in [6.07, 6.45) is 1.94. The normalized spacial score (nSPS) is 11.4. The highest BCUT2D eigenvalue weighted by molar-refractivity contribution is 7.26. The molecule has 10 rings (SSSR count). The van der Waals surface area contributed by atoms with Gasteiger partial charge < -0.3 is 0 Å². The Balaban J connectivity index is 1.21. The highest BCUT2D eigenvalue weighted by Crippen LogP contribution is 2.41. The van der Waals surface area contributed by atoms with Crippen LogP contribution in [0.3, 0.4) is 0 Å². The van der Waals surface area contributed by atoms with Gasteiger partial charge in [0, 0.05) is 38.5 Å². The Labute approximate surface area is 311 Å². The largest absolute Gasteiger partial charge is 0.255 e. The monoisotopic (exact) mass is 693 g/mol. The van der Waals surface area contributed by atoms with Gasteiger partial charge in [-0.3, -0.25) is 4.98 Å². The molecular weight excluding hydrogens is 663 g/mol. The lowest BCUT2D eigenvalue weighted by Crippen LogP contribution is -1.97. The third kappa shape index (κ3) is 5.85. The first kappa shape index (κ1) is 31.0. The van der Waals surface area contributed by atoms with Crippen molar-refractivity contribution < 1.29 is 0 Å². The molecule has 0 unspecified atom stereocenters. The predicted octanol–water partition coefficient (Wildman–Crippen LogP) is 13.4. The molecule has 0 bridgehead atoms. The first-order valence-electron chi connectivity index (χ1n) is 17.8. The Kier molecular flexibility index (Phi) is 7.67. The van der Waals surface area contributed by atoms with Crippen LogP contribution < -0.4 is 0 Å². The number of rotatable bonds is 6. The highest BCUT2D eigenvalue weighted by Gasteiger charge is 2.17. The summed E-state index contributed by atoms with van der Waals surface area (Å²) < 4.78 is 2.42. The van der Waals surface area contributed by atoms with Gasteiger partial charge in [0.25, 0.3) is 0 Å². The topological polar surface area (TPSA) is 38.7 Å². The molecule has 3 aromatic heterocycles. The quantitative estimate of drug-likeness (QED) is 0.174. The van der Waals surface area contributed by atoms with Crippen molar-refractivity contribution in [2.24, 2.45) is 0 Å². The van der Waals surface area contributed by atoms with Crippen molar-refractivity contribution in [2.45, 2.75) is 0 Å². The van der Waals surface area contributed by atoms with Gasteiger partial charge in [-0.2, -0.15) is 0 Å². The van der Waals surface area contributed by atoms with Crippen LogP contribution in [-0.2, 0) is 0 Å². The van der Waals surface area contributed by atoms with Crippen LogP contribution >= 0.6 is 11.3 Å². The second-order valence-electron chi connectivity index (χ2n) is 13.3. The zero-order chi connectivity index (χ0) is 35.1. The summed E-state index contributed by atoms with van der Waals surface area (Å²) in [5.41, 5.74) is 12.7. The van der Waals surface area contributed by atoms with Gasteiger partial charge in [-0.15, -0.1) is 11.3 Å². The molecule has 0 saturated carbocycles. The van der Waals surface area contributed by atoms with E-state index in [0.717, 1.165) is 67.0 Å². The van der Waals surface area contributed by atoms with E-state index >= 15 is 0 Å². The van der Waals surface area contributed by atoms with Gasteiger partial charge in [-0.25, -0.2) is 9.97 Å². The fourth-order valence-corrected chi connectivity index (χ4v) is 8.44. The molecule has 0 aliphatic rings. The van der Waals surface area contributed by atoms with E-state index in [9.17, 15) is 0 Å². The molecule has 10 aromatic rings. The van der Waals surface area contributed by atoms with E-state index < -0.39 is 0 Å². The van der Waals surface area contributed by atoms with Crippen LogP contribution in [0.2, 0.25) is 0 Å². The zero-order valence-electron chi connectivity index (χ0n) is 28.6. The van der Waals surface area contributed by atoms with E-state index in [-0.39, 0.29) is 0 Å². The van der Waals surface area contributed by atoms with Crippen LogP contribution in [0.5, 0.6) is 0 Å². The van der Waals surface area contributed by atoms with Gasteiger partial charge in [0.1, 0.15) is 0 Å². The number of hydrogen-bond acceptors (Lipinski definition) is 4. The van der Waals surface area contributed by atoms with Crippen molar-refractivity contribution in [3.05, 3.63) is 188 Å². The molecule has 248 valence electrons. The molecule has 0 saturated heterocycles. The van der Waals surface area contributed by atoms with Gasteiger partial charge in [-0.05, 0) is 87.1 Å². The Bertz CT molecular complexity index is 2950. The van der Waals surface area contributed by atoms with Gasteiger partial charge >= 0.3 is 0 Å². The minimum absolute atomic E-state index is 0.688. The van der Waals surface area contributed by atoms with Crippen molar-refractivity contribution >= 4 is 42.4 Å². The summed E-state index contributed by atoms with van der Waals surface area (Å²) in [7, 11) is 0. The van der Waals surface area contributed by atoms with Crippen LogP contribution in [0.15, 0.2) is 188 Å². The van der Waals surface area contributed by atoms with E-state index in [1.807, 2.05) is 18.3 Å². The summed E-state index contributed by atoms with van der Waals surface area (Å²) in [6.45, 7) is 0. The summed E-state index contributed by atoms with van der Waals surface area (Å²) in [6, 6.07) is 64.3. The molecule has 0 spiro atoms. The Morgan fingerprint density at radius 2 is 1.00 bits per heavy atom. The Morgan fingerprint density at radius 3 is 1.85 bits per heavy atom. The molecule has 0 radical (unpaired) electrons. The molecule has 3 nitrogen and oxygen atoms in total. The first-order chi connectivity index (χ1) is 26.2. The van der Waals surface area contributed by atoms with E-state index in [0.29, 0.717) is 5.82 Å². The number of nitrogens with zero attached hydrogens (tertiary/aromatic N) is 3. The first-order valence-corrected chi connectivity index (χ1v) is 18.6. The number of hydrogen-bond donors (Lipinski definition) is 0. The minimum atomic E-state index is 0.688. The van der Waals surface area contributed by atoms with Crippen LogP contribution in [0, 0.1) is 0 Å². The molecule has 0 N–H and O–H groups in total. The van der Waals surface area contributed by atoms with Crippen LogP contribution in [0.1, 0.15) is 0 Å². The number of thiophene rings is 1. The Hall–Kier alpha value is -6.75. The third-order valence-electron chi connectivity index (χ3n) is 9.90. The molecule has 0 aliphatic carbocycles. The maximum atomic E-state index is 5.33. The number of pyridine rings is 1. The SMILES string of the molecule is c1ccc(-c2cccc(-c3nc(-c4ccccc4)cc(-c4cc(-c5ccc6ccccc6c5)cc(-c5ccnc6c5sc5ccccc56)c4)n3)c2)cc1. The van der Waals surface area contributed by atoms with Crippen molar-refractivity contribution in [1.82, 2.24) is 15.0 Å². The summed E-state index contributed by atoms with van der Waals surface area (Å²) in [5.74, 6) is 0.688. The number of aromatic nitrogens is 3. The van der Waals surface area contributed by atoms with E-state index in [2.05, 4.69) is 170 Å². The lowest BCUT2D eigenvalue weighted by atomic mass is 9.93. The average molecular weight is 694 g/mol. The van der Waals surface area contributed by atoms with E-state index in [1.165, 1.54) is 25.6 Å². The van der Waals surface area contributed by atoms with Gasteiger partial charge in [-0.1, -0.05) is 133 Å². The average Bonchev–Trinajstić information content (AvgIpc) is 3.63. The van der Waals surface area contributed by atoms with Gasteiger partial charge in [0.15, 0.2) is 5.82 Å². The molecule has 53 heavy (non-hydrogen) atoms. The van der Waals surface area contributed by atoms with E-state index in [4.69, 9.17) is 15.0 Å². The second-order valence-corrected chi connectivity index (χ2v) is 14.3. The van der Waals surface area contributed by atoms with Crippen molar-refractivity contribution in [2.75, 3.05) is 0 Å². The van der Waals surface area contributed by atoms with Gasteiger partial charge in [0.2, 0.25) is 0 Å². The van der Waals surface area contributed by atoms with Crippen molar-refractivity contribution in [3.63, 3.8) is 0 Å². The molecular formula is C49H31N3S. The summed E-state index contributed by atoms with van der Waals surface area (Å²) >= 11 is 1.80. The predicted molar refractivity (Wildman–Crippen MR) is 223 cm³/mol. The molecule has 0 amide bonds. The van der Waals surface area contributed by atoms with Gasteiger partial charge in [0.05, 0.1) is 21.6 Å². The van der Waals surface area contributed by atoms with Crippen LogP contribution in [0.4, 0.5) is 0 Å². The second kappa shape index (κ2) is 13.1. The molecule has 7 aromatic carbocycles. The van der Waals surface area contributed by atoms with E-state index in [1.54, 1.807) is 11.3 Å². The minimum Gasteiger partial charge on any atom is -0.255 e. The third-order valence-corrected chi connectivity index (χ3v) is 11.1. The fourth-order valence-electron chi connectivity index (χ4n) is 7.25. The lowest BCUT2D eigenvalue weighted by molar-refractivity contribution is 1.18. The number of benzene rings is 7. The van der Waals surface area contributed by atoms with Crippen molar-refractivity contribution in [1.29, 1.82) is 0 Å². The smallest absolute Gasteiger partial charge is 0.160 e. The highest BCUT2D eigenvalue weighted by atomic mass is 32.1. The molecule has 3 heterocycles. The Morgan fingerprint density at radius 1 is 0.377 bits per heavy atom. The fraction of sp³-hybridized carbons (Fsp3) is 0. The molecule has 0 aliphatic heterocycles. The zero-order valence-corrected chi connectivity index (χ0v) is 29.5. The lowest BCUT2D eigenvalue weighted by Gasteiger charge is -2.14. The number of fused-ring (bicyclic) bond motifs is 4. The van der Waals surface area contributed by atoms with Crippen LogP contribution in [0.25, 0.3) is 98.4 Å². The molecule has 0 fully saturated rings. The van der Waals surface area contributed by atoms with Crippen LogP contribution in [-0.4, -0.2) is 15.0 Å². The maximum Gasteiger partial charge on any atom is 0.160 e. The standard InChI is InChI=1S/C49H31N3S/c1-3-12-32(13-4-1)36-18-11-19-38(27-36)49-51-44(34-15-5-2-6-16-34)31-45(52-49)41-29-39(37-23-22-33-14-7-8-17-35(33)26-37)28-40(30-41)42-24-25-50-47-43-20-9-10-21-46(43)53-48(42)47/h1-31H. The maximum absolute atomic E-state index is 5.33. The molecule has 4 heteroatoms. The molecule has 0 atom stereocenters. The van der Waals surface area contributed by atoms with Crippen molar-refractivity contribution in [3.8, 4) is 67.3 Å². The summed E-state index contributed by atoms with van der Waals surface area (Å²) in [4.78, 5) is 15.4. The summed E-state index contributed by atoms with van der Waals surface area (Å²) in [5, 5.41) is 3.62.